The number of nitrogens with zero attached hydrogens (tertiary/aromatic N) is 1. The average molecular weight is 207 g/mol. The van der Waals surface area contributed by atoms with Gasteiger partial charge in [0.1, 0.15) is 6.20 Å². The van der Waals surface area contributed by atoms with Crippen LogP contribution >= 0.6 is 23.2 Å². The Bertz CT molecular complexity index is 266. The quantitative estimate of drug-likeness (QED) is 0.277. The van der Waals surface area contributed by atoms with E-state index in [1.807, 2.05) is 14.1 Å². The highest BCUT2D eigenvalue weighted by molar-refractivity contribution is 6.48. The standard InChI is InChI=1S/C8H10Cl2NO/c1-11(2)5-7(6-12)3-4-8(11,9)10/h3-6H,1-2H3/q+1. The van der Waals surface area contributed by atoms with Crippen molar-refractivity contribution >= 4 is 29.5 Å². The molecule has 66 valence electrons. The van der Waals surface area contributed by atoms with Crippen molar-refractivity contribution in [3.63, 3.8) is 0 Å². The van der Waals surface area contributed by atoms with Crippen molar-refractivity contribution in [2.75, 3.05) is 14.1 Å². The van der Waals surface area contributed by atoms with Crippen molar-refractivity contribution < 1.29 is 9.28 Å². The topological polar surface area (TPSA) is 17.1 Å². The molecule has 0 radical (unpaired) electrons. The molecule has 0 aromatic rings. The molecule has 1 heterocycles. The number of hydrogen-bond acceptors (Lipinski definition) is 1. The van der Waals surface area contributed by atoms with Crippen molar-refractivity contribution in [2.24, 2.45) is 0 Å². The molecule has 0 amide bonds. The lowest BCUT2D eigenvalue weighted by Crippen LogP contribution is -2.48. The summed E-state index contributed by atoms with van der Waals surface area (Å²) >= 11 is 12.0. The molecule has 0 bridgehead atoms. The zero-order chi connectivity index (χ0) is 9.41. The van der Waals surface area contributed by atoms with E-state index in [-0.39, 0.29) is 4.48 Å². The van der Waals surface area contributed by atoms with Crippen molar-refractivity contribution in [3.8, 4) is 0 Å². The van der Waals surface area contributed by atoms with Gasteiger partial charge in [0.15, 0.2) is 6.29 Å². The zero-order valence-corrected chi connectivity index (χ0v) is 8.43. The lowest BCUT2D eigenvalue weighted by molar-refractivity contribution is -0.857. The van der Waals surface area contributed by atoms with Crippen molar-refractivity contribution in [3.05, 3.63) is 23.9 Å². The molecule has 0 aliphatic carbocycles. The van der Waals surface area contributed by atoms with E-state index in [1.54, 1.807) is 18.4 Å². The summed E-state index contributed by atoms with van der Waals surface area (Å²) in [6, 6.07) is 0. The Morgan fingerprint density at radius 3 is 2.50 bits per heavy atom. The van der Waals surface area contributed by atoms with Gasteiger partial charge in [0.05, 0.1) is 19.7 Å². The number of carbonyl (C=O) groups is 1. The van der Waals surface area contributed by atoms with Gasteiger partial charge in [-0.3, -0.25) is 9.28 Å². The molecular formula is C8H10Cl2NO+. The second-order valence-electron chi connectivity index (χ2n) is 3.21. The molecule has 4 heteroatoms. The summed E-state index contributed by atoms with van der Waals surface area (Å²) in [7, 11) is 3.65. The van der Waals surface area contributed by atoms with Gasteiger partial charge < -0.3 is 0 Å². The Morgan fingerprint density at radius 2 is 2.08 bits per heavy atom. The average Bonchev–Trinajstić information content (AvgIpc) is 1.95. The third-order valence-electron chi connectivity index (χ3n) is 1.85. The number of halogens is 2. The van der Waals surface area contributed by atoms with Crippen LogP contribution in [0.2, 0.25) is 0 Å². The van der Waals surface area contributed by atoms with Crippen LogP contribution in [-0.4, -0.2) is 29.3 Å². The minimum absolute atomic E-state index is 0.251. The molecule has 0 N–H and O–H groups in total. The highest BCUT2D eigenvalue weighted by Crippen LogP contribution is 2.36. The van der Waals surface area contributed by atoms with Gasteiger partial charge in [0.2, 0.25) is 0 Å². The summed E-state index contributed by atoms with van der Waals surface area (Å²) in [5.74, 6) is 0. The van der Waals surface area contributed by atoms with Gasteiger partial charge in [-0.1, -0.05) is 0 Å². The number of alkyl halides is 2. The lowest BCUT2D eigenvalue weighted by Gasteiger charge is -2.36. The summed E-state index contributed by atoms with van der Waals surface area (Å²) < 4.78 is -0.729. The van der Waals surface area contributed by atoms with Gasteiger partial charge in [-0.05, 0) is 29.3 Å². The molecule has 0 saturated carbocycles. The summed E-state index contributed by atoms with van der Waals surface area (Å²) in [5.41, 5.74) is 0.594. The maximum atomic E-state index is 10.4. The molecule has 0 aromatic heterocycles. The number of allylic oxidation sites excluding steroid dienone is 2. The Morgan fingerprint density at radius 1 is 1.50 bits per heavy atom. The lowest BCUT2D eigenvalue weighted by atomic mass is 10.2. The van der Waals surface area contributed by atoms with E-state index in [2.05, 4.69) is 0 Å². The monoisotopic (exact) mass is 206 g/mol. The fourth-order valence-electron chi connectivity index (χ4n) is 0.960. The van der Waals surface area contributed by atoms with Crippen LogP contribution in [0.5, 0.6) is 0 Å². The molecule has 0 unspecified atom stereocenters. The van der Waals surface area contributed by atoms with Crippen molar-refractivity contribution in [2.45, 2.75) is 4.46 Å². The second kappa shape index (κ2) is 2.87. The molecule has 0 aromatic carbocycles. The third kappa shape index (κ3) is 1.56. The first-order valence-electron chi connectivity index (χ1n) is 3.48. The first-order chi connectivity index (χ1) is 5.39. The van der Waals surface area contributed by atoms with Gasteiger partial charge in [-0.15, -0.1) is 0 Å². The van der Waals surface area contributed by atoms with Crippen LogP contribution in [0.3, 0.4) is 0 Å². The largest absolute Gasteiger partial charge is 0.298 e. The van der Waals surface area contributed by atoms with Crippen LogP contribution in [0.1, 0.15) is 0 Å². The highest BCUT2D eigenvalue weighted by Gasteiger charge is 2.41. The summed E-state index contributed by atoms with van der Waals surface area (Å²) in [6.45, 7) is 0. The van der Waals surface area contributed by atoms with Crippen molar-refractivity contribution in [1.29, 1.82) is 0 Å². The Balaban J connectivity index is 3.07. The van der Waals surface area contributed by atoms with Crippen LogP contribution in [0.25, 0.3) is 0 Å². The SMILES string of the molecule is C[N+]1(C)C=C(C=O)C=CC1(Cl)Cl. The van der Waals surface area contributed by atoms with Crippen LogP contribution in [0.15, 0.2) is 23.9 Å². The molecule has 2 nitrogen and oxygen atoms in total. The predicted molar refractivity (Wildman–Crippen MR) is 49.8 cm³/mol. The minimum atomic E-state index is -0.980. The number of likely N-dealkylation sites (N-methyl/N-ethyl adjacent to an activating group) is 1. The number of rotatable bonds is 1. The van der Waals surface area contributed by atoms with E-state index in [1.165, 1.54) is 0 Å². The molecule has 12 heavy (non-hydrogen) atoms. The van der Waals surface area contributed by atoms with Crippen LogP contribution in [-0.2, 0) is 4.79 Å². The number of quaternary nitrogens is 1. The highest BCUT2D eigenvalue weighted by atomic mass is 35.5. The number of carbonyl (C=O) groups excluding carboxylic acids is 1. The second-order valence-corrected chi connectivity index (χ2v) is 4.55. The Hall–Kier alpha value is -0.310. The van der Waals surface area contributed by atoms with Crippen LogP contribution < -0.4 is 0 Å². The molecule has 0 saturated heterocycles. The van der Waals surface area contributed by atoms with E-state index < -0.39 is 4.46 Å². The van der Waals surface area contributed by atoms with Crippen molar-refractivity contribution in [1.82, 2.24) is 0 Å². The number of hydrogen-bond donors (Lipinski definition) is 0. The van der Waals surface area contributed by atoms with E-state index in [0.29, 0.717) is 5.57 Å². The molecule has 0 atom stereocenters. The van der Waals surface area contributed by atoms with Gasteiger partial charge >= 0.3 is 0 Å². The zero-order valence-electron chi connectivity index (χ0n) is 6.92. The van der Waals surface area contributed by atoms with Gasteiger partial charge in [-0.25, -0.2) is 0 Å². The van der Waals surface area contributed by atoms with E-state index >= 15 is 0 Å². The molecule has 1 aliphatic rings. The first kappa shape index (κ1) is 9.78. The summed E-state index contributed by atoms with van der Waals surface area (Å²) in [6.07, 6.45) is 5.73. The minimum Gasteiger partial charge on any atom is -0.298 e. The van der Waals surface area contributed by atoms with Crippen LogP contribution in [0, 0.1) is 0 Å². The van der Waals surface area contributed by atoms with Gasteiger partial charge in [0.25, 0.3) is 4.46 Å². The Kier molecular flexibility index (Phi) is 2.34. The molecule has 1 aliphatic heterocycles. The number of aldehydes is 1. The molecule has 0 fully saturated rings. The normalized spacial score (nSPS) is 24.8. The third-order valence-corrected chi connectivity index (χ3v) is 2.98. The fourth-order valence-corrected chi connectivity index (χ4v) is 1.18. The first-order valence-corrected chi connectivity index (χ1v) is 4.23. The fraction of sp³-hybridized carbons (Fsp3) is 0.375. The maximum absolute atomic E-state index is 10.4. The summed E-state index contributed by atoms with van der Waals surface area (Å²) in [4.78, 5) is 10.4. The molecular weight excluding hydrogens is 197 g/mol. The summed E-state index contributed by atoms with van der Waals surface area (Å²) in [5, 5.41) is 0. The van der Waals surface area contributed by atoms with Gasteiger partial charge in [-0.2, -0.15) is 0 Å². The van der Waals surface area contributed by atoms with Gasteiger partial charge in [0, 0.05) is 6.08 Å². The van der Waals surface area contributed by atoms with E-state index in [0.717, 1.165) is 6.29 Å². The smallest absolute Gasteiger partial charge is 0.274 e. The van der Waals surface area contributed by atoms with E-state index in [4.69, 9.17) is 23.2 Å². The maximum Gasteiger partial charge on any atom is 0.274 e. The van der Waals surface area contributed by atoms with Crippen LogP contribution in [0.4, 0.5) is 0 Å². The predicted octanol–water partition coefficient (Wildman–Crippen LogP) is 1.85. The molecule has 1 rings (SSSR count). The van der Waals surface area contributed by atoms with E-state index in [9.17, 15) is 4.79 Å². The Labute approximate surface area is 81.6 Å². The molecule has 0 spiro atoms.